The number of nitrogens with zero attached hydrogens (tertiary/aromatic N) is 2. The van der Waals surface area contributed by atoms with Crippen LogP contribution in [0.1, 0.15) is 5.56 Å². The van der Waals surface area contributed by atoms with Crippen LogP contribution in [0.4, 0.5) is 11.4 Å². The zero-order valence-corrected chi connectivity index (χ0v) is 9.35. The van der Waals surface area contributed by atoms with E-state index in [2.05, 4.69) is 16.4 Å². The molecule has 2 rings (SSSR count). The first-order chi connectivity index (χ1) is 7.75. The Morgan fingerprint density at radius 2 is 2.31 bits per heavy atom. The average molecular weight is 216 g/mol. The molecular formula is C12H16N4. The lowest BCUT2D eigenvalue weighted by atomic mass is 10.2. The Hall–Kier alpha value is -1.97. The van der Waals surface area contributed by atoms with Gasteiger partial charge in [-0.1, -0.05) is 0 Å². The van der Waals surface area contributed by atoms with Crippen LogP contribution in [0, 0.1) is 6.92 Å². The summed E-state index contributed by atoms with van der Waals surface area (Å²) in [5, 5.41) is 3.35. The Balaban J connectivity index is 1.87. The minimum Gasteiger partial charge on any atom is -0.399 e. The minimum absolute atomic E-state index is 0.833. The maximum absolute atomic E-state index is 5.75. The van der Waals surface area contributed by atoms with Gasteiger partial charge < -0.3 is 15.6 Å². The van der Waals surface area contributed by atoms with Gasteiger partial charge in [-0.2, -0.15) is 0 Å². The largest absolute Gasteiger partial charge is 0.399 e. The highest BCUT2D eigenvalue weighted by Crippen LogP contribution is 2.16. The van der Waals surface area contributed by atoms with Crippen LogP contribution in [0.3, 0.4) is 0 Å². The van der Waals surface area contributed by atoms with Gasteiger partial charge in [-0.25, -0.2) is 4.98 Å². The first kappa shape index (κ1) is 10.5. The molecule has 4 heteroatoms. The van der Waals surface area contributed by atoms with Crippen LogP contribution in [-0.2, 0) is 6.54 Å². The zero-order chi connectivity index (χ0) is 11.4. The van der Waals surface area contributed by atoms with Crippen molar-refractivity contribution in [2.45, 2.75) is 13.5 Å². The molecule has 1 heterocycles. The van der Waals surface area contributed by atoms with Gasteiger partial charge in [-0.15, -0.1) is 0 Å². The van der Waals surface area contributed by atoms with Crippen molar-refractivity contribution in [2.75, 3.05) is 17.6 Å². The second-order valence-electron chi connectivity index (χ2n) is 3.80. The number of aryl methyl sites for hydroxylation is 1. The van der Waals surface area contributed by atoms with Gasteiger partial charge in [0.1, 0.15) is 0 Å². The number of imidazole rings is 1. The standard InChI is InChI=1S/C12H16N4/c1-10-8-11(2-3-12(10)13)15-5-7-16-6-4-14-9-16/h2-4,6,8-9,15H,5,7,13H2,1H3. The molecule has 0 aliphatic rings. The molecule has 1 aromatic carbocycles. The van der Waals surface area contributed by atoms with Gasteiger partial charge in [0.05, 0.1) is 6.33 Å². The zero-order valence-electron chi connectivity index (χ0n) is 9.35. The van der Waals surface area contributed by atoms with Crippen molar-refractivity contribution in [1.29, 1.82) is 0 Å². The van der Waals surface area contributed by atoms with Crippen molar-refractivity contribution < 1.29 is 0 Å². The molecule has 0 atom stereocenters. The molecule has 16 heavy (non-hydrogen) atoms. The molecule has 84 valence electrons. The van der Waals surface area contributed by atoms with E-state index in [1.54, 1.807) is 6.20 Å². The Bertz CT molecular complexity index is 448. The van der Waals surface area contributed by atoms with Crippen LogP contribution in [-0.4, -0.2) is 16.1 Å². The molecular weight excluding hydrogens is 200 g/mol. The molecule has 0 saturated carbocycles. The first-order valence-corrected chi connectivity index (χ1v) is 5.31. The number of hydrogen-bond donors (Lipinski definition) is 2. The highest BCUT2D eigenvalue weighted by atomic mass is 15.0. The summed E-state index contributed by atoms with van der Waals surface area (Å²) in [7, 11) is 0. The average Bonchev–Trinajstić information content (AvgIpc) is 2.76. The van der Waals surface area contributed by atoms with E-state index in [-0.39, 0.29) is 0 Å². The van der Waals surface area contributed by atoms with Crippen LogP contribution in [0.25, 0.3) is 0 Å². The van der Waals surface area contributed by atoms with Crippen LogP contribution >= 0.6 is 0 Å². The van der Waals surface area contributed by atoms with Crippen molar-refractivity contribution in [1.82, 2.24) is 9.55 Å². The van der Waals surface area contributed by atoms with Gasteiger partial charge in [-0.3, -0.25) is 0 Å². The monoisotopic (exact) mass is 216 g/mol. The summed E-state index contributed by atoms with van der Waals surface area (Å²) >= 11 is 0. The van der Waals surface area contributed by atoms with Gasteiger partial charge in [0.25, 0.3) is 0 Å². The Morgan fingerprint density at radius 1 is 1.44 bits per heavy atom. The molecule has 1 aromatic heterocycles. The van der Waals surface area contributed by atoms with Crippen molar-refractivity contribution in [2.24, 2.45) is 0 Å². The molecule has 0 spiro atoms. The molecule has 0 fully saturated rings. The highest BCUT2D eigenvalue weighted by Gasteiger charge is 1.96. The van der Waals surface area contributed by atoms with Gasteiger partial charge in [0.2, 0.25) is 0 Å². The van der Waals surface area contributed by atoms with Crippen LogP contribution in [0.15, 0.2) is 36.9 Å². The van der Waals surface area contributed by atoms with E-state index in [0.29, 0.717) is 0 Å². The van der Waals surface area contributed by atoms with Gasteiger partial charge in [0, 0.05) is 36.9 Å². The maximum Gasteiger partial charge on any atom is 0.0946 e. The molecule has 4 nitrogen and oxygen atoms in total. The number of nitrogens with two attached hydrogens (primary N) is 1. The van der Waals surface area contributed by atoms with Crippen LogP contribution in [0.5, 0.6) is 0 Å². The molecule has 0 aliphatic heterocycles. The van der Waals surface area contributed by atoms with E-state index in [0.717, 1.165) is 30.0 Å². The quantitative estimate of drug-likeness (QED) is 0.767. The fourth-order valence-corrected chi connectivity index (χ4v) is 1.53. The number of nitrogen functional groups attached to an aromatic ring is 1. The second kappa shape index (κ2) is 4.70. The summed E-state index contributed by atoms with van der Waals surface area (Å²) < 4.78 is 2.04. The molecule has 3 N–H and O–H groups in total. The van der Waals surface area contributed by atoms with Crippen molar-refractivity contribution in [3.05, 3.63) is 42.5 Å². The lowest BCUT2D eigenvalue weighted by Crippen LogP contribution is -2.09. The number of nitrogens with one attached hydrogen (secondary N) is 1. The Morgan fingerprint density at radius 3 is 3.00 bits per heavy atom. The highest BCUT2D eigenvalue weighted by molar-refractivity contribution is 5.56. The van der Waals surface area contributed by atoms with Crippen molar-refractivity contribution in [3.8, 4) is 0 Å². The number of benzene rings is 1. The maximum atomic E-state index is 5.75. The minimum atomic E-state index is 0.833. The van der Waals surface area contributed by atoms with E-state index in [4.69, 9.17) is 5.73 Å². The lowest BCUT2D eigenvalue weighted by molar-refractivity contribution is 0.727. The molecule has 0 bridgehead atoms. The smallest absolute Gasteiger partial charge is 0.0946 e. The number of aromatic nitrogens is 2. The van der Waals surface area contributed by atoms with Crippen molar-refractivity contribution in [3.63, 3.8) is 0 Å². The molecule has 0 aliphatic carbocycles. The summed E-state index contributed by atoms with van der Waals surface area (Å²) in [6.07, 6.45) is 5.55. The summed E-state index contributed by atoms with van der Waals surface area (Å²) in [4.78, 5) is 3.99. The second-order valence-corrected chi connectivity index (χ2v) is 3.80. The topological polar surface area (TPSA) is 55.9 Å². The third-order valence-corrected chi connectivity index (χ3v) is 2.53. The molecule has 2 aromatic rings. The SMILES string of the molecule is Cc1cc(NCCn2ccnc2)ccc1N. The van der Waals surface area contributed by atoms with Gasteiger partial charge in [0.15, 0.2) is 0 Å². The predicted octanol–water partition coefficient (Wildman–Crippen LogP) is 1.89. The summed E-state index contributed by atoms with van der Waals surface area (Å²) in [6.45, 7) is 3.79. The third kappa shape index (κ3) is 2.53. The normalized spacial score (nSPS) is 10.3. The summed E-state index contributed by atoms with van der Waals surface area (Å²) in [6, 6.07) is 5.98. The molecule has 0 amide bonds. The first-order valence-electron chi connectivity index (χ1n) is 5.31. The van der Waals surface area contributed by atoms with E-state index in [9.17, 15) is 0 Å². The van der Waals surface area contributed by atoms with Gasteiger partial charge in [-0.05, 0) is 30.7 Å². The molecule has 0 unspecified atom stereocenters. The van der Waals surface area contributed by atoms with E-state index in [1.165, 1.54) is 0 Å². The van der Waals surface area contributed by atoms with E-state index in [1.807, 2.05) is 36.1 Å². The summed E-state index contributed by atoms with van der Waals surface area (Å²) in [5.41, 5.74) is 8.80. The van der Waals surface area contributed by atoms with Crippen LogP contribution < -0.4 is 11.1 Å². The van der Waals surface area contributed by atoms with E-state index < -0.39 is 0 Å². The molecule has 0 saturated heterocycles. The van der Waals surface area contributed by atoms with Crippen LogP contribution in [0.2, 0.25) is 0 Å². The van der Waals surface area contributed by atoms with Crippen molar-refractivity contribution >= 4 is 11.4 Å². The Labute approximate surface area is 95.1 Å². The Kier molecular flexibility index (Phi) is 3.10. The summed E-state index contributed by atoms with van der Waals surface area (Å²) in [5.74, 6) is 0. The van der Waals surface area contributed by atoms with Gasteiger partial charge >= 0.3 is 0 Å². The fraction of sp³-hybridized carbons (Fsp3) is 0.250. The lowest BCUT2D eigenvalue weighted by Gasteiger charge is -2.08. The third-order valence-electron chi connectivity index (χ3n) is 2.53. The number of rotatable bonds is 4. The van der Waals surface area contributed by atoms with E-state index >= 15 is 0 Å². The molecule has 0 radical (unpaired) electrons. The fourth-order valence-electron chi connectivity index (χ4n) is 1.53. The number of hydrogen-bond acceptors (Lipinski definition) is 3. The number of anilines is 2. The predicted molar refractivity (Wildman–Crippen MR) is 66.3 cm³/mol.